The highest BCUT2D eigenvalue weighted by Gasteiger charge is 2.21. The molecular weight excluding hydrogens is 228 g/mol. The van der Waals surface area contributed by atoms with Gasteiger partial charge in [-0.3, -0.25) is 4.79 Å². The Kier molecular flexibility index (Phi) is 3.46. The third kappa shape index (κ3) is 2.27. The van der Waals surface area contributed by atoms with E-state index in [0.29, 0.717) is 12.2 Å². The molecule has 18 heavy (non-hydrogen) atoms. The Bertz CT molecular complexity index is 560. The highest BCUT2D eigenvalue weighted by Crippen LogP contribution is 2.24. The first-order valence-electron chi connectivity index (χ1n) is 5.97. The molecule has 4 heteroatoms. The number of hydrogen-bond acceptors (Lipinski definition) is 2. The predicted molar refractivity (Wildman–Crippen MR) is 69.4 cm³/mol. The van der Waals surface area contributed by atoms with Crippen LogP contribution < -0.4 is 0 Å². The van der Waals surface area contributed by atoms with Crippen molar-refractivity contribution in [2.45, 2.75) is 26.2 Å². The number of aryl methyl sites for hydroxylation is 1. The maximum atomic E-state index is 11.1. The van der Waals surface area contributed by atoms with E-state index < -0.39 is 11.9 Å². The van der Waals surface area contributed by atoms with Crippen LogP contribution in [-0.2, 0) is 4.79 Å². The molecule has 0 saturated heterocycles. The number of aliphatic carboxylic acids is 1. The van der Waals surface area contributed by atoms with Gasteiger partial charge in [0.15, 0.2) is 0 Å². The molecule has 0 saturated carbocycles. The first-order chi connectivity index (χ1) is 8.63. The molecule has 0 spiro atoms. The second-order valence-electron chi connectivity index (χ2n) is 4.30. The number of aromatic nitrogens is 2. The van der Waals surface area contributed by atoms with Crippen LogP contribution >= 0.6 is 0 Å². The van der Waals surface area contributed by atoms with Crippen molar-refractivity contribution in [3.63, 3.8) is 0 Å². The fourth-order valence-electron chi connectivity index (χ4n) is 2.01. The van der Waals surface area contributed by atoms with Crippen molar-refractivity contribution in [3.8, 4) is 11.3 Å². The van der Waals surface area contributed by atoms with Crippen molar-refractivity contribution in [2.24, 2.45) is 0 Å². The van der Waals surface area contributed by atoms with Crippen molar-refractivity contribution >= 4 is 5.97 Å². The lowest BCUT2D eigenvalue weighted by molar-refractivity contribution is -0.139. The van der Waals surface area contributed by atoms with Gasteiger partial charge < -0.3 is 10.1 Å². The largest absolute Gasteiger partial charge is 0.481 e. The summed E-state index contributed by atoms with van der Waals surface area (Å²) in [6.07, 6.45) is 2.22. The lowest BCUT2D eigenvalue weighted by Gasteiger charge is -2.06. The smallest absolute Gasteiger partial charge is 0.314 e. The van der Waals surface area contributed by atoms with Crippen LogP contribution in [0.2, 0.25) is 0 Å². The molecule has 0 aliphatic heterocycles. The minimum Gasteiger partial charge on any atom is -0.481 e. The van der Waals surface area contributed by atoms with E-state index >= 15 is 0 Å². The summed E-state index contributed by atoms with van der Waals surface area (Å²) in [7, 11) is 0. The molecule has 2 rings (SSSR count). The van der Waals surface area contributed by atoms with Crippen LogP contribution in [-0.4, -0.2) is 21.0 Å². The Morgan fingerprint density at radius 3 is 2.78 bits per heavy atom. The lowest BCUT2D eigenvalue weighted by Crippen LogP contribution is -2.11. The second-order valence-corrected chi connectivity index (χ2v) is 4.30. The quantitative estimate of drug-likeness (QED) is 0.868. The zero-order chi connectivity index (χ0) is 13.1. The number of nitrogens with zero attached hydrogens (tertiary/aromatic N) is 1. The zero-order valence-electron chi connectivity index (χ0n) is 10.5. The number of carboxylic acids is 1. The highest BCUT2D eigenvalue weighted by atomic mass is 16.4. The molecule has 94 valence electrons. The summed E-state index contributed by atoms with van der Waals surface area (Å²) >= 11 is 0. The third-order valence-electron chi connectivity index (χ3n) is 3.07. The number of carboxylic acid groups (broad SMARTS) is 1. The topological polar surface area (TPSA) is 66.0 Å². The number of H-pyrrole nitrogens is 1. The summed E-state index contributed by atoms with van der Waals surface area (Å²) in [5.41, 5.74) is 3.05. The third-order valence-corrected chi connectivity index (χ3v) is 3.07. The van der Waals surface area contributed by atoms with Crippen molar-refractivity contribution in [3.05, 3.63) is 41.9 Å². The molecule has 0 aliphatic rings. The molecule has 2 aromatic rings. The normalized spacial score (nSPS) is 12.3. The molecule has 1 atom stereocenters. The monoisotopic (exact) mass is 244 g/mol. The van der Waals surface area contributed by atoms with Gasteiger partial charge in [0.05, 0.1) is 11.9 Å². The first kappa shape index (κ1) is 12.4. The summed E-state index contributed by atoms with van der Waals surface area (Å²) in [5, 5.41) is 9.10. The summed E-state index contributed by atoms with van der Waals surface area (Å²) in [4.78, 5) is 18.4. The van der Waals surface area contributed by atoms with Crippen LogP contribution in [0.5, 0.6) is 0 Å². The van der Waals surface area contributed by atoms with Gasteiger partial charge in [-0.15, -0.1) is 0 Å². The maximum absolute atomic E-state index is 11.1. The Morgan fingerprint density at radius 2 is 2.17 bits per heavy atom. The molecule has 1 heterocycles. The molecule has 2 N–H and O–H groups in total. The number of aromatic amines is 1. The van der Waals surface area contributed by atoms with Crippen molar-refractivity contribution in [1.29, 1.82) is 0 Å². The standard InChI is InChI=1S/C14H16N2O2/c1-3-10(14(17)18)13-15-8-12(16-13)11-7-5-4-6-9(11)2/h4-8,10H,3H2,1-2H3,(H,15,16)(H,17,18). The second kappa shape index (κ2) is 5.04. The van der Waals surface area contributed by atoms with E-state index in [9.17, 15) is 4.79 Å². The Balaban J connectivity index is 2.36. The SMILES string of the molecule is CCC(C(=O)O)c1ncc(-c2ccccc2C)[nH]1. The van der Waals surface area contributed by atoms with Crippen LogP contribution in [0.3, 0.4) is 0 Å². The minimum absolute atomic E-state index is 0.517. The van der Waals surface area contributed by atoms with Crippen molar-refractivity contribution in [2.75, 3.05) is 0 Å². The van der Waals surface area contributed by atoms with Crippen molar-refractivity contribution < 1.29 is 9.90 Å². The molecule has 1 aromatic carbocycles. The van der Waals surface area contributed by atoms with E-state index in [-0.39, 0.29) is 0 Å². The number of carbonyl (C=O) groups is 1. The number of hydrogen-bond donors (Lipinski definition) is 2. The number of benzene rings is 1. The van der Waals surface area contributed by atoms with Gasteiger partial charge >= 0.3 is 5.97 Å². The van der Waals surface area contributed by atoms with Gasteiger partial charge in [0.1, 0.15) is 11.7 Å². The van der Waals surface area contributed by atoms with Gasteiger partial charge in [-0.2, -0.15) is 0 Å². The van der Waals surface area contributed by atoms with Gasteiger partial charge in [0, 0.05) is 5.56 Å². The van der Waals surface area contributed by atoms with Crippen LogP contribution in [0.25, 0.3) is 11.3 Å². The molecule has 0 amide bonds. The fourth-order valence-corrected chi connectivity index (χ4v) is 2.01. The predicted octanol–water partition coefficient (Wildman–Crippen LogP) is 2.96. The molecular formula is C14H16N2O2. The van der Waals surface area contributed by atoms with E-state index in [1.165, 1.54) is 0 Å². The molecule has 0 aliphatic carbocycles. The van der Waals surface area contributed by atoms with Gasteiger partial charge in [0.25, 0.3) is 0 Å². The zero-order valence-corrected chi connectivity index (χ0v) is 10.5. The molecule has 1 aromatic heterocycles. The Morgan fingerprint density at radius 1 is 1.44 bits per heavy atom. The maximum Gasteiger partial charge on any atom is 0.314 e. The lowest BCUT2D eigenvalue weighted by atomic mass is 10.1. The van der Waals surface area contributed by atoms with Crippen molar-refractivity contribution in [1.82, 2.24) is 9.97 Å². The molecule has 0 fully saturated rings. The molecule has 1 unspecified atom stereocenters. The molecule has 0 bridgehead atoms. The van der Waals surface area contributed by atoms with E-state index in [4.69, 9.17) is 5.11 Å². The van der Waals surface area contributed by atoms with Crippen LogP contribution in [0.15, 0.2) is 30.5 Å². The molecule has 4 nitrogen and oxygen atoms in total. The van der Waals surface area contributed by atoms with Gasteiger partial charge in [-0.25, -0.2) is 4.98 Å². The van der Waals surface area contributed by atoms with Gasteiger partial charge in [0.2, 0.25) is 0 Å². The fraction of sp³-hybridized carbons (Fsp3) is 0.286. The van der Waals surface area contributed by atoms with E-state index in [0.717, 1.165) is 16.8 Å². The summed E-state index contributed by atoms with van der Waals surface area (Å²) in [5.74, 6) is -0.894. The average molecular weight is 244 g/mol. The Hall–Kier alpha value is -2.10. The van der Waals surface area contributed by atoms with Crippen LogP contribution in [0, 0.1) is 6.92 Å². The summed E-state index contributed by atoms with van der Waals surface area (Å²) in [6.45, 7) is 3.86. The highest BCUT2D eigenvalue weighted by molar-refractivity contribution is 5.75. The number of nitrogens with one attached hydrogen (secondary N) is 1. The first-order valence-corrected chi connectivity index (χ1v) is 5.97. The van der Waals surface area contributed by atoms with E-state index in [1.807, 2.05) is 38.1 Å². The Labute approximate surface area is 106 Å². The van der Waals surface area contributed by atoms with E-state index in [1.54, 1.807) is 6.20 Å². The number of imidazole rings is 1. The minimum atomic E-state index is -0.844. The average Bonchev–Trinajstić information content (AvgIpc) is 2.79. The van der Waals surface area contributed by atoms with Gasteiger partial charge in [-0.1, -0.05) is 31.2 Å². The summed E-state index contributed by atoms with van der Waals surface area (Å²) in [6, 6.07) is 7.94. The molecule has 0 radical (unpaired) electrons. The van der Waals surface area contributed by atoms with Gasteiger partial charge in [-0.05, 0) is 18.9 Å². The summed E-state index contributed by atoms with van der Waals surface area (Å²) < 4.78 is 0. The van der Waals surface area contributed by atoms with Crippen LogP contribution in [0.4, 0.5) is 0 Å². The number of rotatable bonds is 4. The van der Waals surface area contributed by atoms with Crippen LogP contribution in [0.1, 0.15) is 30.7 Å². The van der Waals surface area contributed by atoms with E-state index in [2.05, 4.69) is 9.97 Å².